The molecule has 4 heteroatoms. The third-order valence-corrected chi connectivity index (χ3v) is 3.89. The number of hydrogen-bond donors (Lipinski definition) is 0. The zero-order chi connectivity index (χ0) is 16.2. The van der Waals surface area contributed by atoms with Gasteiger partial charge in [0, 0.05) is 23.5 Å². The first-order valence-corrected chi connectivity index (χ1v) is 7.33. The topological polar surface area (TPSA) is 52.6 Å². The molecule has 0 N–H and O–H groups in total. The molecule has 1 aliphatic heterocycles. The summed E-state index contributed by atoms with van der Waals surface area (Å²) in [5.74, 6) is -0.224. The van der Waals surface area contributed by atoms with Gasteiger partial charge in [-0.1, -0.05) is 48.5 Å². The normalized spacial score (nSPS) is 15.9. The van der Waals surface area contributed by atoms with Crippen LogP contribution in [0.5, 0.6) is 5.75 Å². The van der Waals surface area contributed by atoms with Crippen molar-refractivity contribution in [2.45, 2.75) is 12.3 Å². The molecule has 1 aliphatic rings. The highest BCUT2D eigenvalue weighted by Gasteiger charge is 2.31. The van der Waals surface area contributed by atoms with Gasteiger partial charge in [-0.15, -0.1) is 0 Å². The molecule has 1 heterocycles. The number of fused-ring (bicyclic) bond motifs is 1. The number of benzene rings is 2. The minimum absolute atomic E-state index is 0.0258. The second-order valence-electron chi connectivity index (χ2n) is 5.27. The van der Waals surface area contributed by atoms with Gasteiger partial charge in [0.25, 0.3) is 0 Å². The van der Waals surface area contributed by atoms with E-state index in [0.717, 1.165) is 5.56 Å². The van der Waals surface area contributed by atoms with Crippen LogP contribution < -0.4 is 4.74 Å². The Morgan fingerprint density at radius 1 is 1.04 bits per heavy atom. The van der Waals surface area contributed by atoms with Gasteiger partial charge in [0.05, 0.1) is 12.7 Å². The number of rotatable bonds is 4. The van der Waals surface area contributed by atoms with Gasteiger partial charge in [0.15, 0.2) is 5.78 Å². The second kappa shape index (κ2) is 6.48. The van der Waals surface area contributed by atoms with Crippen LogP contribution in [-0.2, 0) is 9.53 Å². The third-order valence-electron chi connectivity index (χ3n) is 3.89. The monoisotopic (exact) mass is 308 g/mol. The van der Waals surface area contributed by atoms with Gasteiger partial charge in [0.2, 0.25) is 0 Å². The second-order valence-corrected chi connectivity index (χ2v) is 5.27. The predicted octanol–water partition coefficient (Wildman–Crippen LogP) is 3.49. The van der Waals surface area contributed by atoms with Gasteiger partial charge in [-0.2, -0.15) is 0 Å². The Hall–Kier alpha value is -2.88. The molecule has 116 valence electrons. The van der Waals surface area contributed by atoms with Crippen LogP contribution in [0.3, 0.4) is 0 Å². The molecule has 2 aromatic carbocycles. The van der Waals surface area contributed by atoms with E-state index < -0.39 is 5.97 Å². The summed E-state index contributed by atoms with van der Waals surface area (Å²) in [6.07, 6.45) is 1.57. The molecule has 0 aromatic heterocycles. The van der Waals surface area contributed by atoms with Crippen molar-refractivity contribution in [2.75, 3.05) is 7.11 Å². The maximum Gasteiger partial charge on any atom is 0.337 e. The molecule has 0 bridgehead atoms. The molecule has 0 saturated heterocycles. The first-order valence-electron chi connectivity index (χ1n) is 7.33. The highest BCUT2D eigenvalue weighted by Crippen LogP contribution is 2.39. The molecule has 0 fully saturated rings. The summed E-state index contributed by atoms with van der Waals surface area (Å²) >= 11 is 0. The molecule has 3 rings (SSSR count). The molecule has 2 aromatic rings. The maximum atomic E-state index is 12.6. The fourth-order valence-electron chi connectivity index (χ4n) is 2.71. The molecule has 1 atom stereocenters. The highest BCUT2D eigenvalue weighted by atomic mass is 16.5. The molecule has 0 saturated carbocycles. The molecule has 0 radical (unpaired) electrons. The lowest BCUT2D eigenvalue weighted by Crippen LogP contribution is -2.21. The standard InChI is InChI=1S/C19H16O4/c1-22-19(21)16-12-23-18-10-6-5-9-14(18)15(16)11-17(20)13-7-3-2-4-8-13/h2-10,12,15H,11H2,1H3/t15-/m0/s1. The Kier molecular flexibility index (Phi) is 4.24. The smallest absolute Gasteiger partial charge is 0.337 e. The van der Waals surface area contributed by atoms with E-state index in [2.05, 4.69) is 0 Å². The summed E-state index contributed by atoms with van der Waals surface area (Å²) in [5.41, 5.74) is 1.80. The minimum atomic E-state index is -0.481. The largest absolute Gasteiger partial charge is 0.466 e. The van der Waals surface area contributed by atoms with E-state index >= 15 is 0 Å². The number of ketones is 1. The molecule has 4 nitrogen and oxygen atoms in total. The van der Waals surface area contributed by atoms with E-state index in [4.69, 9.17) is 9.47 Å². The van der Waals surface area contributed by atoms with Crippen molar-refractivity contribution in [3.8, 4) is 5.75 Å². The van der Waals surface area contributed by atoms with Crippen molar-refractivity contribution >= 4 is 11.8 Å². The number of carbonyl (C=O) groups excluding carboxylic acids is 2. The first kappa shape index (κ1) is 15.0. The van der Waals surface area contributed by atoms with E-state index in [0.29, 0.717) is 16.9 Å². The number of methoxy groups -OCH3 is 1. The average Bonchev–Trinajstić information content (AvgIpc) is 2.62. The van der Waals surface area contributed by atoms with Crippen molar-refractivity contribution in [2.24, 2.45) is 0 Å². The molecule has 0 aliphatic carbocycles. The Balaban J connectivity index is 1.94. The van der Waals surface area contributed by atoms with Crippen LogP contribution in [0.4, 0.5) is 0 Å². The quantitative estimate of drug-likeness (QED) is 0.641. The summed E-state index contributed by atoms with van der Waals surface area (Å²) in [7, 11) is 1.32. The van der Waals surface area contributed by atoms with Crippen molar-refractivity contribution in [3.05, 3.63) is 77.6 Å². The van der Waals surface area contributed by atoms with E-state index in [1.807, 2.05) is 42.5 Å². The van der Waals surface area contributed by atoms with Crippen LogP contribution in [-0.4, -0.2) is 18.9 Å². The van der Waals surface area contributed by atoms with Gasteiger partial charge in [0.1, 0.15) is 12.0 Å². The molecular weight excluding hydrogens is 292 g/mol. The van der Waals surface area contributed by atoms with Crippen LogP contribution in [0.1, 0.15) is 28.3 Å². The summed E-state index contributed by atoms with van der Waals surface area (Å²) in [5, 5.41) is 0. The number of ether oxygens (including phenoxy) is 2. The lowest BCUT2D eigenvalue weighted by molar-refractivity contribution is -0.136. The lowest BCUT2D eigenvalue weighted by Gasteiger charge is -2.25. The zero-order valence-corrected chi connectivity index (χ0v) is 12.7. The van der Waals surface area contributed by atoms with Crippen LogP contribution in [0.25, 0.3) is 0 Å². The Morgan fingerprint density at radius 3 is 2.48 bits per heavy atom. The van der Waals surface area contributed by atoms with Crippen molar-refractivity contribution in [3.63, 3.8) is 0 Å². The zero-order valence-electron chi connectivity index (χ0n) is 12.7. The summed E-state index contributed by atoms with van der Waals surface area (Å²) in [6.45, 7) is 0. The van der Waals surface area contributed by atoms with Gasteiger partial charge in [-0.3, -0.25) is 4.79 Å². The van der Waals surface area contributed by atoms with E-state index in [9.17, 15) is 9.59 Å². The molecule has 0 amide bonds. The number of carbonyl (C=O) groups is 2. The molecule has 0 unspecified atom stereocenters. The third kappa shape index (κ3) is 3.01. The molecule has 23 heavy (non-hydrogen) atoms. The Bertz CT molecular complexity index is 762. The van der Waals surface area contributed by atoms with E-state index in [1.165, 1.54) is 13.4 Å². The number of Topliss-reactive ketones (excluding diaryl/α,β-unsaturated/α-hetero) is 1. The van der Waals surface area contributed by atoms with Crippen LogP contribution in [0.15, 0.2) is 66.4 Å². The summed E-state index contributed by atoms with van der Waals surface area (Å²) in [6, 6.07) is 16.5. The maximum absolute atomic E-state index is 12.6. The highest BCUT2D eigenvalue weighted by molar-refractivity contribution is 5.99. The van der Waals surface area contributed by atoms with Crippen molar-refractivity contribution in [1.29, 1.82) is 0 Å². The van der Waals surface area contributed by atoms with Crippen LogP contribution in [0.2, 0.25) is 0 Å². The fraction of sp³-hybridized carbons (Fsp3) is 0.158. The Morgan fingerprint density at radius 2 is 1.74 bits per heavy atom. The van der Waals surface area contributed by atoms with Gasteiger partial charge in [-0.05, 0) is 6.07 Å². The SMILES string of the molecule is COC(=O)C1=COc2ccccc2[C@@H]1CC(=O)c1ccccc1. The molecule has 0 spiro atoms. The van der Waals surface area contributed by atoms with Gasteiger partial charge < -0.3 is 9.47 Å². The van der Waals surface area contributed by atoms with Crippen LogP contribution >= 0.6 is 0 Å². The van der Waals surface area contributed by atoms with Crippen molar-refractivity contribution < 1.29 is 19.1 Å². The molecular formula is C19H16O4. The number of esters is 1. The first-order chi connectivity index (χ1) is 11.2. The lowest BCUT2D eigenvalue weighted by atomic mass is 9.84. The van der Waals surface area contributed by atoms with Gasteiger partial charge >= 0.3 is 5.97 Å². The Labute approximate surface area is 134 Å². The van der Waals surface area contributed by atoms with Gasteiger partial charge in [-0.25, -0.2) is 4.79 Å². The average molecular weight is 308 g/mol. The van der Waals surface area contributed by atoms with E-state index in [-0.39, 0.29) is 18.1 Å². The summed E-state index contributed by atoms with van der Waals surface area (Å²) < 4.78 is 10.3. The van der Waals surface area contributed by atoms with Crippen LogP contribution in [0, 0.1) is 0 Å². The number of para-hydroxylation sites is 1. The summed E-state index contributed by atoms with van der Waals surface area (Å²) in [4.78, 5) is 24.6. The fourth-order valence-corrected chi connectivity index (χ4v) is 2.71. The predicted molar refractivity (Wildman–Crippen MR) is 85.3 cm³/mol. The minimum Gasteiger partial charge on any atom is -0.466 e. The number of hydrogen-bond acceptors (Lipinski definition) is 4. The van der Waals surface area contributed by atoms with Crippen molar-refractivity contribution in [1.82, 2.24) is 0 Å². The van der Waals surface area contributed by atoms with E-state index in [1.54, 1.807) is 12.1 Å².